The van der Waals surface area contributed by atoms with E-state index in [1.165, 1.54) is 9.58 Å². The fourth-order valence-corrected chi connectivity index (χ4v) is 3.43. The van der Waals surface area contributed by atoms with Crippen LogP contribution in [0.4, 0.5) is 37.0 Å². The van der Waals surface area contributed by atoms with Gasteiger partial charge in [0.25, 0.3) is 0 Å². The van der Waals surface area contributed by atoms with Crippen LogP contribution in [-0.2, 0) is 11.8 Å². The third-order valence-electron chi connectivity index (χ3n) is 5.37. The van der Waals surface area contributed by atoms with E-state index in [-0.39, 0.29) is 11.3 Å². The number of nitrogens with zero attached hydrogens (tertiary/aromatic N) is 3. The number of hydrogen-bond donors (Lipinski definition) is 1. The van der Waals surface area contributed by atoms with Gasteiger partial charge in [-0.05, 0) is 56.7 Å². The summed E-state index contributed by atoms with van der Waals surface area (Å²) in [6, 6.07) is 7.68. The normalized spacial score (nSPS) is 12.5. The smallest absolute Gasteiger partial charge is 0.456 e. The maximum atomic E-state index is 14.0. The van der Waals surface area contributed by atoms with Crippen molar-refractivity contribution in [1.82, 2.24) is 14.7 Å². The average molecular weight is 547 g/mol. The number of nitrogens with one attached hydrogen (secondary N) is 1. The SMILES string of the molecule is CN(CCNc1nn(C)c2cc(-c3cc(F)ccc3OCC(F)(F)C(F)(F)F)ccc12)C(=O)OC(C)(C)C. The first kappa shape index (κ1) is 28.9. The Balaban J connectivity index is 1.80. The molecule has 7 nitrogen and oxygen atoms in total. The van der Waals surface area contributed by atoms with Crippen molar-refractivity contribution in [1.29, 1.82) is 0 Å². The molecule has 0 fully saturated rings. The average Bonchev–Trinajstić information content (AvgIpc) is 3.11. The van der Waals surface area contributed by atoms with Crippen LogP contribution in [0.5, 0.6) is 5.75 Å². The third kappa shape index (κ3) is 6.81. The van der Waals surface area contributed by atoms with Crippen molar-refractivity contribution in [3.63, 3.8) is 0 Å². The molecule has 208 valence electrons. The molecule has 3 rings (SSSR count). The van der Waals surface area contributed by atoms with E-state index in [0.717, 1.165) is 18.2 Å². The van der Waals surface area contributed by atoms with Crippen molar-refractivity contribution >= 4 is 22.8 Å². The number of amides is 1. The Kier molecular flexibility index (Phi) is 8.08. The summed E-state index contributed by atoms with van der Waals surface area (Å²) in [4.78, 5) is 13.5. The van der Waals surface area contributed by atoms with Gasteiger partial charge in [-0.1, -0.05) is 6.07 Å². The number of aromatic nitrogens is 2. The summed E-state index contributed by atoms with van der Waals surface area (Å²) in [6.45, 7) is 4.01. The van der Waals surface area contributed by atoms with E-state index >= 15 is 0 Å². The molecule has 1 amide bonds. The molecule has 0 aliphatic carbocycles. The van der Waals surface area contributed by atoms with Gasteiger partial charge in [-0.15, -0.1) is 0 Å². The van der Waals surface area contributed by atoms with Crippen LogP contribution < -0.4 is 10.1 Å². The van der Waals surface area contributed by atoms with Crippen LogP contribution in [0.2, 0.25) is 0 Å². The van der Waals surface area contributed by atoms with Crippen LogP contribution in [0.3, 0.4) is 0 Å². The second-order valence-corrected chi connectivity index (χ2v) is 9.66. The molecule has 0 bridgehead atoms. The predicted octanol–water partition coefficient (Wildman–Crippen LogP) is 6.23. The number of carbonyl (C=O) groups is 1. The van der Waals surface area contributed by atoms with Crippen molar-refractivity contribution in [3.05, 3.63) is 42.2 Å². The molecule has 0 saturated heterocycles. The van der Waals surface area contributed by atoms with Gasteiger partial charge >= 0.3 is 18.2 Å². The predicted molar refractivity (Wildman–Crippen MR) is 130 cm³/mol. The number of anilines is 1. The van der Waals surface area contributed by atoms with Crippen LogP contribution in [0.15, 0.2) is 36.4 Å². The zero-order valence-electron chi connectivity index (χ0n) is 21.4. The number of alkyl halides is 5. The van der Waals surface area contributed by atoms with Crippen molar-refractivity contribution in [2.75, 3.05) is 32.1 Å². The Labute approximate surface area is 215 Å². The molecule has 38 heavy (non-hydrogen) atoms. The summed E-state index contributed by atoms with van der Waals surface area (Å²) in [6.07, 6.45) is -6.26. The summed E-state index contributed by atoms with van der Waals surface area (Å²) in [5.74, 6) is -5.65. The van der Waals surface area contributed by atoms with Gasteiger partial charge in [-0.25, -0.2) is 9.18 Å². The second kappa shape index (κ2) is 10.6. The molecule has 0 atom stereocenters. The van der Waals surface area contributed by atoms with E-state index in [0.29, 0.717) is 35.4 Å². The molecular weight excluding hydrogens is 518 g/mol. The van der Waals surface area contributed by atoms with Crippen LogP contribution in [0, 0.1) is 5.82 Å². The van der Waals surface area contributed by atoms with Crippen molar-refractivity contribution in [2.45, 2.75) is 38.5 Å². The van der Waals surface area contributed by atoms with E-state index in [4.69, 9.17) is 9.47 Å². The minimum Gasteiger partial charge on any atom is -0.486 e. The summed E-state index contributed by atoms with van der Waals surface area (Å²) in [5.41, 5.74) is 0.266. The van der Waals surface area contributed by atoms with Gasteiger partial charge in [-0.3, -0.25) is 4.68 Å². The molecule has 1 N–H and O–H groups in total. The van der Waals surface area contributed by atoms with Crippen molar-refractivity contribution < 1.29 is 40.6 Å². The Bertz CT molecular complexity index is 1300. The number of ether oxygens (including phenoxy) is 2. The maximum absolute atomic E-state index is 14.0. The third-order valence-corrected chi connectivity index (χ3v) is 5.37. The Morgan fingerprint density at radius 2 is 1.76 bits per heavy atom. The Morgan fingerprint density at radius 1 is 1.08 bits per heavy atom. The Hall–Kier alpha value is -3.64. The Morgan fingerprint density at radius 3 is 2.39 bits per heavy atom. The highest BCUT2D eigenvalue weighted by molar-refractivity contribution is 5.93. The van der Waals surface area contributed by atoms with Crippen LogP contribution in [-0.4, -0.2) is 65.2 Å². The van der Waals surface area contributed by atoms with Gasteiger partial charge in [0.1, 0.15) is 17.2 Å². The number of halogens is 6. The molecule has 1 heterocycles. The van der Waals surface area contributed by atoms with Crippen LogP contribution >= 0.6 is 0 Å². The van der Waals surface area contributed by atoms with E-state index in [9.17, 15) is 31.1 Å². The van der Waals surface area contributed by atoms with Crippen molar-refractivity contribution in [2.24, 2.45) is 7.05 Å². The first-order valence-corrected chi connectivity index (χ1v) is 11.5. The topological polar surface area (TPSA) is 68.6 Å². The first-order valence-electron chi connectivity index (χ1n) is 11.5. The monoisotopic (exact) mass is 546 g/mol. The molecule has 13 heteroatoms. The van der Waals surface area contributed by atoms with Gasteiger partial charge in [0.2, 0.25) is 0 Å². The largest absolute Gasteiger partial charge is 0.486 e. The number of likely N-dealkylation sites (N-methyl/N-ethyl adjacent to an activating group) is 1. The van der Waals surface area contributed by atoms with E-state index in [1.54, 1.807) is 53.1 Å². The quantitative estimate of drug-likeness (QED) is 0.339. The lowest BCUT2D eigenvalue weighted by molar-refractivity contribution is -0.289. The van der Waals surface area contributed by atoms with E-state index in [1.807, 2.05) is 0 Å². The van der Waals surface area contributed by atoms with Gasteiger partial charge in [0, 0.05) is 38.1 Å². The fraction of sp³-hybridized carbons (Fsp3) is 0.440. The number of carbonyl (C=O) groups excluding carboxylic acids is 1. The lowest BCUT2D eigenvalue weighted by Gasteiger charge is -2.24. The summed E-state index contributed by atoms with van der Waals surface area (Å²) in [7, 11) is 3.25. The number of fused-ring (bicyclic) bond motifs is 1. The maximum Gasteiger partial charge on any atom is 0.456 e. The molecule has 0 unspecified atom stereocenters. The molecular formula is C25H28F6N4O3. The molecule has 0 radical (unpaired) electrons. The minimum absolute atomic E-state index is 0.000399. The second-order valence-electron chi connectivity index (χ2n) is 9.66. The van der Waals surface area contributed by atoms with E-state index in [2.05, 4.69) is 10.4 Å². The van der Waals surface area contributed by atoms with Gasteiger partial charge < -0.3 is 19.7 Å². The number of hydrogen-bond acceptors (Lipinski definition) is 5. The highest BCUT2D eigenvalue weighted by Crippen LogP contribution is 2.38. The molecule has 2 aromatic carbocycles. The van der Waals surface area contributed by atoms with Crippen molar-refractivity contribution in [3.8, 4) is 16.9 Å². The summed E-state index contributed by atoms with van der Waals surface area (Å²) >= 11 is 0. The van der Waals surface area contributed by atoms with E-state index < -0.39 is 36.2 Å². The minimum atomic E-state index is -5.79. The van der Waals surface area contributed by atoms with Crippen LogP contribution in [0.1, 0.15) is 20.8 Å². The number of rotatable bonds is 8. The zero-order chi connectivity index (χ0) is 28.5. The summed E-state index contributed by atoms with van der Waals surface area (Å²) in [5, 5.41) is 8.20. The van der Waals surface area contributed by atoms with Crippen LogP contribution in [0.25, 0.3) is 22.0 Å². The highest BCUT2D eigenvalue weighted by atomic mass is 19.4. The molecule has 0 aliphatic rings. The molecule has 3 aromatic rings. The molecule has 0 aliphatic heterocycles. The zero-order valence-corrected chi connectivity index (χ0v) is 21.4. The lowest BCUT2D eigenvalue weighted by Crippen LogP contribution is -2.41. The first-order chi connectivity index (χ1) is 17.5. The highest BCUT2D eigenvalue weighted by Gasteiger charge is 2.58. The molecule has 0 spiro atoms. The van der Waals surface area contributed by atoms with Gasteiger partial charge in [-0.2, -0.15) is 27.1 Å². The van der Waals surface area contributed by atoms with Gasteiger partial charge in [0.05, 0.1) is 5.52 Å². The number of aryl methyl sites for hydroxylation is 1. The molecule has 0 saturated carbocycles. The van der Waals surface area contributed by atoms with Gasteiger partial charge in [0.15, 0.2) is 12.4 Å². The fourth-order valence-electron chi connectivity index (χ4n) is 3.43. The standard InChI is InChI=1S/C25H28F6N4O3/c1-23(2,3)38-22(36)34(4)11-10-32-21-17-8-6-15(12-19(17)35(5)33-21)18-13-16(26)7-9-20(18)37-14-24(27,28)25(29,30)31/h6-9,12-13H,10-11,14H2,1-5H3,(H,32,33). The number of benzene rings is 2. The molecule has 1 aromatic heterocycles. The lowest BCUT2D eigenvalue weighted by atomic mass is 10.0. The summed E-state index contributed by atoms with van der Waals surface area (Å²) < 4.78 is 90.1.